The first-order valence-electron chi connectivity index (χ1n) is 9.58. The highest BCUT2D eigenvalue weighted by molar-refractivity contribution is 6.28. The van der Waals surface area contributed by atoms with E-state index in [2.05, 4.69) is 30.6 Å². The Hall–Kier alpha value is -2.82. The van der Waals surface area contributed by atoms with E-state index in [9.17, 15) is 15.0 Å². The second kappa shape index (κ2) is 6.86. The molecule has 2 saturated carbocycles. The number of aromatic nitrogens is 5. The maximum Gasteiger partial charge on any atom is 0.229 e. The van der Waals surface area contributed by atoms with Gasteiger partial charge in [0.2, 0.25) is 11.2 Å². The number of carbonyl (C=O) groups is 1. The smallest absolute Gasteiger partial charge is 0.229 e. The standard InChI is InChI=1S/C19H20ClN7O3/c1-21-17(30)19-5-10(19)12(13(28)14(19)29)27-8-24-11-15(25-18(20)26-16(11)27)23-7-9-3-2-4-22-6-9/h2-4,6,8,10,12-14,28-29H,5,7H2,1H3,(H,21,30)(H,23,25,26)/t10-,12+,13+,14+,19+/m1/s1. The highest BCUT2D eigenvalue weighted by Gasteiger charge is 2.75. The van der Waals surface area contributed by atoms with Crippen LogP contribution in [-0.2, 0) is 11.3 Å². The van der Waals surface area contributed by atoms with Crippen molar-refractivity contribution in [1.82, 2.24) is 29.8 Å². The van der Waals surface area contributed by atoms with Crippen molar-refractivity contribution >= 4 is 34.5 Å². The number of amides is 1. The molecular weight excluding hydrogens is 410 g/mol. The highest BCUT2D eigenvalue weighted by atomic mass is 35.5. The van der Waals surface area contributed by atoms with Gasteiger partial charge < -0.3 is 25.4 Å². The first-order chi connectivity index (χ1) is 14.5. The fraction of sp³-hybridized carbons (Fsp3) is 0.421. The number of halogens is 1. The maximum atomic E-state index is 12.4. The normalized spacial score (nSPS) is 29.6. The van der Waals surface area contributed by atoms with Gasteiger partial charge in [-0.25, -0.2) is 4.98 Å². The van der Waals surface area contributed by atoms with Crippen molar-refractivity contribution in [3.05, 3.63) is 41.7 Å². The zero-order chi connectivity index (χ0) is 21.0. The molecule has 3 aromatic heterocycles. The minimum absolute atomic E-state index is 0.0272. The molecular formula is C19H20ClN7O3. The number of anilines is 1. The van der Waals surface area contributed by atoms with Crippen molar-refractivity contribution in [3.63, 3.8) is 0 Å². The number of imidazole rings is 1. The summed E-state index contributed by atoms with van der Waals surface area (Å²) in [5, 5.41) is 27.1. The Morgan fingerprint density at radius 3 is 2.97 bits per heavy atom. The van der Waals surface area contributed by atoms with Crippen LogP contribution in [0.1, 0.15) is 18.0 Å². The van der Waals surface area contributed by atoms with Crippen LogP contribution in [0.25, 0.3) is 11.2 Å². The van der Waals surface area contributed by atoms with Crippen LogP contribution in [0.15, 0.2) is 30.9 Å². The Kier molecular flexibility index (Phi) is 4.38. The molecule has 3 heterocycles. The van der Waals surface area contributed by atoms with E-state index < -0.39 is 23.7 Å². The molecule has 10 nitrogen and oxygen atoms in total. The number of rotatable bonds is 5. The highest BCUT2D eigenvalue weighted by Crippen LogP contribution is 2.67. The molecule has 0 bridgehead atoms. The Bertz CT molecular complexity index is 1120. The first kappa shape index (κ1) is 19.2. The lowest BCUT2D eigenvalue weighted by Gasteiger charge is -2.23. The second-order valence-corrected chi connectivity index (χ2v) is 8.07. The summed E-state index contributed by atoms with van der Waals surface area (Å²) in [6, 6.07) is 3.23. The number of nitrogens with zero attached hydrogens (tertiary/aromatic N) is 5. The summed E-state index contributed by atoms with van der Waals surface area (Å²) in [6.07, 6.45) is 3.18. The van der Waals surface area contributed by atoms with Crippen LogP contribution in [0.4, 0.5) is 5.82 Å². The molecule has 0 aliphatic heterocycles. The number of fused-ring (bicyclic) bond motifs is 2. The van der Waals surface area contributed by atoms with Gasteiger partial charge in [0.05, 0.1) is 23.9 Å². The van der Waals surface area contributed by atoms with E-state index in [1.165, 1.54) is 7.05 Å². The largest absolute Gasteiger partial charge is 0.389 e. The van der Waals surface area contributed by atoms with E-state index in [1.54, 1.807) is 23.3 Å². The SMILES string of the molecule is CNC(=O)[C@@]12C[C@@H]1[C@H](n1cnc3c(NCc4cccnc4)nc(Cl)nc31)[C@H](O)[C@@H]2O. The van der Waals surface area contributed by atoms with Gasteiger partial charge in [0.15, 0.2) is 17.0 Å². The van der Waals surface area contributed by atoms with Crippen molar-refractivity contribution in [2.45, 2.75) is 31.2 Å². The van der Waals surface area contributed by atoms with Crippen LogP contribution in [-0.4, -0.2) is 59.9 Å². The van der Waals surface area contributed by atoms with Gasteiger partial charge in [-0.15, -0.1) is 0 Å². The Labute approximate surface area is 176 Å². The number of aliphatic hydroxyl groups is 2. The molecule has 0 radical (unpaired) electrons. The van der Waals surface area contributed by atoms with Crippen LogP contribution in [0.3, 0.4) is 0 Å². The first-order valence-corrected chi connectivity index (χ1v) is 9.96. The fourth-order valence-corrected chi connectivity index (χ4v) is 4.87. The average molecular weight is 430 g/mol. The number of aliphatic hydroxyl groups excluding tert-OH is 2. The molecule has 30 heavy (non-hydrogen) atoms. The summed E-state index contributed by atoms with van der Waals surface area (Å²) < 4.78 is 1.69. The zero-order valence-electron chi connectivity index (χ0n) is 16.0. The van der Waals surface area contributed by atoms with E-state index in [1.807, 2.05) is 12.1 Å². The van der Waals surface area contributed by atoms with Gasteiger partial charge in [0, 0.05) is 31.9 Å². The third-order valence-corrected chi connectivity index (χ3v) is 6.39. The monoisotopic (exact) mass is 429 g/mol. The summed E-state index contributed by atoms with van der Waals surface area (Å²) >= 11 is 6.16. The molecule has 0 saturated heterocycles. The number of hydrogen-bond acceptors (Lipinski definition) is 8. The van der Waals surface area contributed by atoms with E-state index in [0.717, 1.165) is 5.56 Å². The summed E-state index contributed by atoms with van der Waals surface area (Å²) in [5.74, 6) is -0.0353. The van der Waals surface area contributed by atoms with Gasteiger partial charge in [-0.3, -0.25) is 9.78 Å². The van der Waals surface area contributed by atoms with Gasteiger partial charge in [-0.1, -0.05) is 6.07 Å². The maximum absolute atomic E-state index is 12.4. The molecule has 2 aliphatic carbocycles. The number of nitrogens with one attached hydrogen (secondary N) is 2. The van der Waals surface area contributed by atoms with E-state index in [-0.39, 0.29) is 17.1 Å². The van der Waals surface area contributed by atoms with Crippen LogP contribution < -0.4 is 10.6 Å². The predicted octanol–water partition coefficient (Wildman–Crippen LogP) is 0.516. The predicted molar refractivity (Wildman–Crippen MR) is 108 cm³/mol. The van der Waals surface area contributed by atoms with Crippen molar-refractivity contribution in [1.29, 1.82) is 0 Å². The van der Waals surface area contributed by atoms with Crippen LogP contribution >= 0.6 is 11.6 Å². The van der Waals surface area contributed by atoms with Crippen molar-refractivity contribution < 1.29 is 15.0 Å². The molecule has 4 N–H and O–H groups in total. The summed E-state index contributed by atoms with van der Waals surface area (Å²) in [5.41, 5.74) is 0.901. The van der Waals surface area contributed by atoms with Gasteiger partial charge in [0.25, 0.3) is 0 Å². The topological polar surface area (TPSA) is 138 Å². The van der Waals surface area contributed by atoms with Crippen molar-refractivity contribution in [2.24, 2.45) is 11.3 Å². The molecule has 11 heteroatoms. The summed E-state index contributed by atoms with van der Waals surface area (Å²) in [4.78, 5) is 29.4. The Morgan fingerprint density at radius 2 is 2.23 bits per heavy atom. The molecule has 0 unspecified atom stereocenters. The lowest BCUT2D eigenvalue weighted by molar-refractivity contribution is -0.132. The molecule has 5 rings (SSSR count). The van der Waals surface area contributed by atoms with Gasteiger partial charge in [-0.05, 0) is 29.7 Å². The molecule has 3 aromatic rings. The lowest BCUT2D eigenvalue weighted by atomic mass is 9.98. The molecule has 0 aromatic carbocycles. The van der Waals surface area contributed by atoms with Gasteiger partial charge in [0.1, 0.15) is 6.10 Å². The molecule has 2 aliphatic rings. The minimum Gasteiger partial charge on any atom is -0.389 e. The fourth-order valence-electron chi connectivity index (χ4n) is 4.71. The summed E-state index contributed by atoms with van der Waals surface area (Å²) in [7, 11) is 1.53. The van der Waals surface area contributed by atoms with Crippen LogP contribution in [0.5, 0.6) is 0 Å². The Balaban J connectivity index is 1.50. The number of hydrogen-bond donors (Lipinski definition) is 4. The third-order valence-electron chi connectivity index (χ3n) is 6.22. The molecule has 0 spiro atoms. The summed E-state index contributed by atoms with van der Waals surface area (Å²) in [6.45, 7) is 0.469. The number of pyridine rings is 1. The third kappa shape index (κ3) is 2.68. The molecule has 2 fully saturated rings. The second-order valence-electron chi connectivity index (χ2n) is 7.74. The van der Waals surface area contributed by atoms with Crippen LogP contribution in [0.2, 0.25) is 5.28 Å². The molecule has 156 valence electrons. The average Bonchev–Trinajstić information content (AvgIpc) is 3.30. The van der Waals surface area contributed by atoms with Crippen molar-refractivity contribution in [2.75, 3.05) is 12.4 Å². The quantitative estimate of drug-likeness (QED) is 0.430. The van der Waals surface area contributed by atoms with Gasteiger partial charge in [-0.2, -0.15) is 9.97 Å². The molecule has 5 atom stereocenters. The Morgan fingerprint density at radius 1 is 1.40 bits per heavy atom. The van der Waals surface area contributed by atoms with Crippen LogP contribution in [0, 0.1) is 11.3 Å². The zero-order valence-corrected chi connectivity index (χ0v) is 16.8. The lowest BCUT2D eigenvalue weighted by Crippen LogP contribution is -2.41. The van der Waals surface area contributed by atoms with E-state index in [0.29, 0.717) is 29.9 Å². The molecule has 1 amide bonds. The van der Waals surface area contributed by atoms with E-state index >= 15 is 0 Å². The van der Waals surface area contributed by atoms with Gasteiger partial charge >= 0.3 is 0 Å². The number of carbonyl (C=O) groups excluding carboxylic acids is 1. The van der Waals surface area contributed by atoms with E-state index in [4.69, 9.17) is 11.6 Å². The minimum atomic E-state index is -1.16. The van der Waals surface area contributed by atoms with Crippen molar-refractivity contribution in [3.8, 4) is 0 Å².